The molecule has 1 aromatic carbocycles. The van der Waals surface area contributed by atoms with E-state index in [4.69, 9.17) is 10.3 Å². The molecule has 3 heterocycles. The normalized spacial score (nSPS) is 18.7. The smallest absolute Gasteiger partial charge is 0.352 e. The van der Waals surface area contributed by atoms with Crippen molar-refractivity contribution in [1.82, 2.24) is 15.5 Å². The van der Waals surface area contributed by atoms with Gasteiger partial charge in [0.15, 0.2) is 12.4 Å². The highest BCUT2D eigenvalue weighted by Crippen LogP contribution is 2.40. The number of benzene rings is 1. The number of rotatable bonds is 11. The number of azide groups is 1. The van der Waals surface area contributed by atoms with Gasteiger partial charge in [0.25, 0.3) is 11.8 Å². The Morgan fingerprint density at radius 3 is 2.74 bits per heavy atom. The molecule has 2 aromatic rings. The fraction of sp³-hybridized carbons (Fsp3) is 0.273. The van der Waals surface area contributed by atoms with Crippen LogP contribution in [0.15, 0.2) is 58.2 Å². The second-order valence-corrected chi connectivity index (χ2v) is 10.2. The van der Waals surface area contributed by atoms with Crippen molar-refractivity contribution in [3.05, 3.63) is 78.5 Å². The number of carbonyl (C=O) groups excluding carboxylic acids is 3. The Balaban J connectivity index is 1.45. The zero-order chi connectivity index (χ0) is 28.1. The molecule has 39 heavy (non-hydrogen) atoms. The lowest BCUT2D eigenvalue weighted by Gasteiger charge is -2.49. The van der Waals surface area contributed by atoms with Crippen LogP contribution in [0.25, 0.3) is 10.4 Å². The number of thioether (sulfide) groups is 1. The van der Waals surface area contributed by atoms with Crippen molar-refractivity contribution in [2.75, 3.05) is 18.9 Å². The largest absolute Gasteiger partial charge is 0.477 e. The van der Waals surface area contributed by atoms with Gasteiger partial charge in [0.1, 0.15) is 23.2 Å². The van der Waals surface area contributed by atoms with E-state index in [9.17, 15) is 34.4 Å². The van der Waals surface area contributed by atoms with Gasteiger partial charge >= 0.3 is 11.7 Å². The first-order chi connectivity index (χ1) is 18.7. The van der Waals surface area contributed by atoms with Crippen LogP contribution in [0, 0.1) is 10.1 Å². The number of carbonyl (C=O) groups is 4. The standard InChI is InChI=1S/C22H19N7O8S2/c23-27-24-8-11-10-39-21-17(20(32)28(21)18(11)22(33)34)26-19(31)16(14-6-3-7-38-14)25-15(30)9-37-13-5-2-1-4-12(13)29(35)36/h1-7,16-17,21H,8-10H2,(H,25,30)(H,26,31)(H,33,34)/t16?,17?,21-/m0/s1. The van der Waals surface area contributed by atoms with E-state index < -0.39 is 52.7 Å². The first-order valence-corrected chi connectivity index (χ1v) is 13.1. The van der Waals surface area contributed by atoms with Gasteiger partial charge in [-0.2, -0.15) is 0 Å². The summed E-state index contributed by atoms with van der Waals surface area (Å²) in [5.41, 5.74) is 8.23. The van der Waals surface area contributed by atoms with Crippen molar-refractivity contribution < 1.29 is 33.9 Å². The monoisotopic (exact) mass is 573 g/mol. The summed E-state index contributed by atoms with van der Waals surface area (Å²) < 4.78 is 5.29. The lowest BCUT2D eigenvalue weighted by atomic mass is 10.0. The van der Waals surface area contributed by atoms with Crippen molar-refractivity contribution in [1.29, 1.82) is 0 Å². The topological polar surface area (TPSA) is 217 Å². The number of nitrogens with one attached hydrogen (secondary N) is 2. The Kier molecular flexibility index (Phi) is 8.33. The molecule has 4 rings (SSSR count). The summed E-state index contributed by atoms with van der Waals surface area (Å²) in [4.78, 5) is 65.2. The summed E-state index contributed by atoms with van der Waals surface area (Å²) >= 11 is 2.38. The zero-order valence-electron chi connectivity index (χ0n) is 19.8. The van der Waals surface area contributed by atoms with E-state index in [1.165, 1.54) is 47.4 Å². The SMILES string of the molecule is [N-]=[N+]=NCC1=C(C(=O)O)N2C(=O)C(NC(=O)C(NC(=O)COc3ccccc3[N+](=O)[O-])c3cccs3)[C@@H]2SC1. The molecule has 2 aliphatic heterocycles. The van der Waals surface area contributed by atoms with E-state index in [0.717, 1.165) is 4.90 Å². The molecule has 3 amide bonds. The highest BCUT2D eigenvalue weighted by molar-refractivity contribution is 8.00. The molecule has 1 saturated heterocycles. The molecule has 0 radical (unpaired) electrons. The number of carboxylic acid groups (broad SMARTS) is 1. The number of hydrogen-bond donors (Lipinski definition) is 3. The number of amides is 3. The summed E-state index contributed by atoms with van der Waals surface area (Å²) in [6, 6.07) is 6.53. The van der Waals surface area contributed by atoms with Crippen molar-refractivity contribution in [3.8, 4) is 5.75 Å². The minimum atomic E-state index is -1.36. The van der Waals surface area contributed by atoms with Gasteiger partial charge in [-0.3, -0.25) is 29.4 Å². The second kappa shape index (κ2) is 11.8. The van der Waals surface area contributed by atoms with Crippen LogP contribution in [0.5, 0.6) is 5.75 Å². The molecule has 1 fully saturated rings. The van der Waals surface area contributed by atoms with Gasteiger partial charge in [0.05, 0.1) is 11.5 Å². The van der Waals surface area contributed by atoms with Gasteiger partial charge in [0.2, 0.25) is 5.91 Å². The maximum absolute atomic E-state index is 13.2. The third-order valence-corrected chi connectivity index (χ3v) is 7.97. The molecule has 3 atom stereocenters. The third-order valence-electron chi connectivity index (χ3n) is 5.69. The summed E-state index contributed by atoms with van der Waals surface area (Å²) in [6.45, 7) is -0.825. The van der Waals surface area contributed by atoms with Crippen LogP contribution in [0.1, 0.15) is 10.9 Å². The van der Waals surface area contributed by atoms with Crippen LogP contribution in [-0.2, 0) is 19.2 Å². The number of ether oxygens (including phenoxy) is 1. The zero-order valence-corrected chi connectivity index (χ0v) is 21.4. The number of para-hydroxylation sites is 2. The maximum Gasteiger partial charge on any atom is 0.352 e. The Hall–Kier alpha value is -4.60. The molecular weight excluding hydrogens is 554 g/mol. The van der Waals surface area contributed by atoms with Gasteiger partial charge < -0.3 is 20.5 Å². The van der Waals surface area contributed by atoms with E-state index in [2.05, 4.69) is 20.7 Å². The Morgan fingerprint density at radius 1 is 1.31 bits per heavy atom. The summed E-state index contributed by atoms with van der Waals surface area (Å²) in [6.07, 6.45) is 0. The van der Waals surface area contributed by atoms with Crippen LogP contribution in [0.4, 0.5) is 5.69 Å². The van der Waals surface area contributed by atoms with Crippen LogP contribution in [-0.4, -0.2) is 68.9 Å². The molecule has 0 aliphatic carbocycles. The van der Waals surface area contributed by atoms with Crippen molar-refractivity contribution in [2.24, 2.45) is 5.11 Å². The number of hydrogen-bond acceptors (Lipinski definition) is 10. The van der Waals surface area contributed by atoms with Crippen LogP contribution in [0.2, 0.25) is 0 Å². The molecule has 1 aromatic heterocycles. The summed E-state index contributed by atoms with van der Waals surface area (Å²) in [7, 11) is 0. The van der Waals surface area contributed by atoms with Gasteiger partial charge in [-0.05, 0) is 28.6 Å². The van der Waals surface area contributed by atoms with Gasteiger partial charge in [-0.1, -0.05) is 23.3 Å². The molecule has 0 saturated carbocycles. The Morgan fingerprint density at radius 2 is 2.08 bits per heavy atom. The number of nitrogens with zero attached hydrogens (tertiary/aromatic N) is 5. The average molecular weight is 574 g/mol. The number of carboxylic acids is 1. The molecule has 3 N–H and O–H groups in total. The minimum Gasteiger partial charge on any atom is -0.477 e. The Labute approximate surface area is 227 Å². The van der Waals surface area contributed by atoms with E-state index in [0.29, 0.717) is 4.88 Å². The number of nitro groups is 1. The lowest BCUT2D eigenvalue weighted by molar-refractivity contribution is -0.385. The molecule has 15 nitrogen and oxygen atoms in total. The van der Waals surface area contributed by atoms with Crippen molar-refractivity contribution >= 4 is 52.5 Å². The molecule has 0 spiro atoms. The average Bonchev–Trinajstić information content (AvgIpc) is 3.46. The maximum atomic E-state index is 13.2. The van der Waals surface area contributed by atoms with E-state index >= 15 is 0 Å². The van der Waals surface area contributed by atoms with Crippen LogP contribution < -0.4 is 15.4 Å². The lowest BCUT2D eigenvalue weighted by Crippen LogP contribution is -2.71. The summed E-state index contributed by atoms with van der Waals surface area (Å²) in [5.74, 6) is -3.41. The molecule has 17 heteroatoms. The number of aliphatic carboxylic acids is 1. The summed E-state index contributed by atoms with van der Waals surface area (Å²) in [5, 5.41) is 30.3. The highest BCUT2D eigenvalue weighted by Gasteiger charge is 2.54. The van der Waals surface area contributed by atoms with Crippen LogP contribution in [0.3, 0.4) is 0 Å². The van der Waals surface area contributed by atoms with Gasteiger partial charge in [-0.15, -0.1) is 23.1 Å². The fourth-order valence-corrected chi connectivity index (χ4v) is 6.06. The van der Waals surface area contributed by atoms with E-state index in [-0.39, 0.29) is 35.0 Å². The first-order valence-electron chi connectivity index (χ1n) is 11.1. The second-order valence-electron chi connectivity index (χ2n) is 8.07. The number of thiophene rings is 1. The molecule has 2 aliphatic rings. The van der Waals surface area contributed by atoms with Crippen molar-refractivity contribution in [2.45, 2.75) is 17.5 Å². The molecule has 2 unspecified atom stereocenters. The van der Waals surface area contributed by atoms with Crippen molar-refractivity contribution in [3.63, 3.8) is 0 Å². The number of nitro benzene ring substituents is 1. The predicted molar refractivity (Wildman–Crippen MR) is 137 cm³/mol. The van der Waals surface area contributed by atoms with Gasteiger partial charge in [-0.25, -0.2) is 4.79 Å². The molecular formula is C22H19N7O8S2. The van der Waals surface area contributed by atoms with Gasteiger partial charge in [0, 0.05) is 21.6 Å². The fourth-order valence-electron chi connectivity index (χ4n) is 3.96. The molecule has 202 valence electrons. The predicted octanol–water partition coefficient (Wildman–Crippen LogP) is 1.94. The highest BCUT2D eigenvalue weighted by atomic mass is 32.2. The first kappa shape index (κ1) is 27.4. The quantitative estimate of drug-likeness (QED) is 0.0892. The van der Waals surface area contributed by atoms with E-state index in [1.807, 2.05) is 0 Å². The third kappa shape index (κ3) is 5.79. The number of β-lactam (4-membered cyclic amide) rings is 1. The van der Waals surface area contributed by atoms with E-state index in [1.54, 1.807) is 17.5 Å². The van der Waals surface area contributed by atoms with Crippen LogP contribution >= 0.6 is 23.1 Å². The Bertz CT molecular complexity index is 1410. The minimum absolute atomic E-state index is 0.119. The number of fused-ring (bicyclic) bond motifs is 1. The molecule has 0 bridgehead atoms.